The van der Waals surface area contributed by atoms with Gasteiger partial charge in [0.25, 0.3) is 0 Å². The van der Waals surface area contributed by atoms with Crippen LogP contribution in [-0.4, -0.2) is 42.8 Å². The molecule has 2 aromatic carbocycles. The molecule has 0 fully saturated rings. The van der Waals surface area contributed by atoms with Gasteiger partial charge in [0.2, 0.25) is 0 Å². The number of hydrogen-bond donors (Lipinski definition) is 4. The van der Waals surface area contributed by atoms with Crippen LogP contribution < -0.4 is 0 Å². The number of benzene rings is 2. The molecule has 4 rings (SSSR count). The fourth-order valence-electron chi connectivity index (χ4n) is 2.74. The van der Waals surface area contributed by atoms with Gasteiger partial charge in [0.1, 0.15) is 23.0 Å². The van der Waals surface area contributed by atoms with Gasteiger partial charge in [-0.05, 0) is 48.5 Å². The van der Waals surface area contributed by atoms with E-state index in [0.717, 1.165) is 11.4 Å². The Morgan fingerprint density at radius 1 is 0.600 bits per heavy atom. The van der Waals surface area contributed by atoms with Crippen LogP contribution in [0.5, 0.6) is 23.0 Å². The Morgan fingerprint density at radius 2 is 1.03 bits per heavy atom. The standard InChI is InChI=1S/2C13H12N2O2.Ni/c2*16-12-5-4-10(13(17)7-12)8-14-9-11-3-1-2-6-15-11;/h2*1-8,16-17H,9H2;. The summed E-state index contributed by atoms with van der Waals surface area (Å²) in [6, 6.07) is 20.0. The van der Waals surface area contributed by atoms with E-state index in [-0.39, 0.29) is 39.5 Å². The van der Waals surface area contributed by atoms with E-state index in [1.807, 2.05) is 36.4 Å². The van der Waals surface area contributed by atoms with Crippen molar-refractivity contribution in [2.45, 2.75) is 13.1 Å². The van der Waals surface area contributed by atoms with Crippen molar-refractivity contribution in [2.75, 3.05) is 0 Å². The van der Waals surface area contributed by atoms with Crippen LogP contribution in [0, 0.1) is 0 Å². The van der Waals surface area contributed by atoms with Crippen molar-refractivity contribution in [1.82, 2.24) is 9.97 Å². The Balaban J connectivity index is 0.000000240. The molecule has 2 heterocycles. The Morgan fingerprint density at radius 3 is 1.37 bits per heavy atom. The summed E-state index contributed by atoms with van der Waals surface area (Å²) < 4.78 is 0. The summed E-state index contributed by atoms with van der Waals surface area (Å²) in [6.07, 6.45) is 6.54. The Kier molecular flexibility index (Phi) is 10.9. The first-order valence-electron chi connectivity index (χ1n) is 10.3. The molecule has 0 aliphatic carbocycles. The number of aromatic hydroxyl groups is 4. The zero-order valence-electron chi connectivity index (χ0n) is 18.5. The predicted octanol–water partition coefficient (Wildman–Crippen LogP) is 4.22. The number of aliphatic imine (C=N–C) groups is 2. The van der Waals surface area contributed by atoms with Gasteiger partial charge in [0.05, 0.1) is 24.5 Å². The molecule has 182 valence electrons. The van der Waals surface area contributed by atoms with Crippen LogP contribution in [0.1, 0.15) is 22.5 Å². The summed E-state index contributed by atoms with van der Waals surface area (Å²) in [7, 11) is 0. The van der Waals surface area contributed by atoms with Gasteiger partial charge < -0.3 is 20.4 Å². The van der Waals surface area contributed by atoms with Crippen LogP contribution in [0.15, 0.2) is 95.2 Å². The van der Waals surface area contributed by atoms with Crippen LogP contribution >= 0.6 is 0 Å². The van der Waals surface area contributed by atoms with Gasteiger partial charge in [-0.3, -0.25) is 20.0 Å². The maximum absolute atomic E-state index is 9.52. The average Bonchev–Trinajstić information content (AvgIpc) is 2.84. The predicted molar refractivity (Wildman–Crippen MR) is 131 cm³/mol. The third-order valence-corrected chi connectivity index (χ3v) is 4.45. The van der Waals surface area contributed by atoms with Crippen LogP contribution in [0.2, 0.25) is 0 Å². The number of phenols is 4. The molecule has 8 nitrogen and oxygen atoms in total. The largest absolute Gasteiger partial charge is 0.508 e. The minimum absolute atomic E-state index is 0. The van der Waals surface area contributed by atoms with E-state index in [4.69, 9.17) is 10.2 Å². The fourth-order valence-corrected chi connectivity index (χ4v) is 2.74. The minimum atomic E-state index is 0. The molecule has 4 N–H and O–H groups in total. The molecule has 0 saturated carbocycles. The van der Waals surface area contributed by atoms with Crippen molar-refractivity contribution in [1.29, 1.82) is 0 Å². The van der Waals surface area contributed by atoms with Crippen molar-refractivity contribution in [3.63, 3.8) is 0 Å². The van der Waals surface area contributed by atoms with Gasteiger partial charge in [-0.2, -0.15) is 0 Å². The molecule has 0 bridgehead atoms. The molecule has 0 spiro atoms. The van der Waals surface area contributed by atoms with Crippen LogP contribution in [0.4, 0.5) is 0 Å². The molecule has 0 saturated heterocycles. The second-order valence-electron chi connectivity index (χ2n) is 7.07. The molecular weight excluding hydrogens is 491 g/mol. The van der Waals surface area contributed by atoms with Gasteiger partial charge in [-0.15, -0.1) is 0 Å². The normalized spacial score (nSPS) is 10.5. The minimum Gasteiger partial charge on any atom is -0.508 e. The molecule has 0 unspecified atom stereocenters. The Labute approximate surface area is 213 Å². The van der Waals surface area contributed by atoms with Crippen molar-refractivity contribution in [3.05, 3.63) is 108 Å². The molecule has 0 aliphatic rings. The van der Waals surface area contributed by atoms with E-state index in [1.165, 1.54) is 24.3 Å². The first kappa shape index (κ1) is 27.0. The summed E-state index contributed by atoms with van der Waals surface area (Å²) in [5.41, 5.74) is 2.86. The third-order valence-electron chi connectivity index (χ3n) is 4.45. The zero-order chi connectivity index (χ0) is 24.2. The third kappa shape index (κ3) is 9.27. The van der Waals surface area contributed by atoms with Gasteiger partial charge >= 0.3 is 0 Å². The van der Waals surface area contributed by atoms with Crippen LogP contribution in [-0.2, 0) is 29.6 Å². The molecule has 0 aliphatic heterocycles. The SMILES string of the molecule is Oc1ccc(C=NCc2ccccn2)c(O)c1.Oc1ccc(C=NCc2ccccn2)c(O)c1.[Ni]. The van der Waals surface area contributed by atoms with Gasteiger partial charge in [0.15, 0.2) is 0 Å². The Bertz CT molecular complexity index is 1150. The van der Waals surface area contributed by atoms with Crippen molar-refractivity contribution < 1.29 is 36.9 Å². The zero-order valence-corrected chi connectivity index (χ0v) is 19.5. The maximum atomic E-state index is 9.52. The number of pyridine rings is 2. The second kappa shape index (κ2) is 14.1. The monoisotopic (exact) mass is 514 g/mol. The number of phenolic OH excluding ortho intramolecular Hbond substituents is 4. The molecule has 4 aromatic rings. The number of nitrogens with zero attached hydrogens (tertiary/aromatic N) is 4. The van der Waals surface area contributed by atoms with Gasteiger partial charge in [0, 0.05) is 64.6 Å². The molecule has 0 atom stereocenters. The first-order valence-corrected chi connectivity index (χ1v) is 10.3. The van der Waals surface area contributed by atoms with E-state index in [0.29, 0.717) is 24.2 Å². The molecule has 35 heavy (non-hydrogen) atoms. The summed E-state index contributed by atoms with van der Waals surface area (Å²) in [6.45, 7) is 0.919. The van der Waals surface area contributed by atoms with Gasteiger partial charge in [-0.25, -0.2) is 0 Å². The molecule has 0 radical (unpaired) electrons. The van der Waals surface area contributed by atoms with E-state index >= 15 is 0 Å². The number of rotatable bonds is 6. The maximum Gasteiger partial charge on any atom is 0.128 e. The molecule has 2 aromatic heterocycles. The summed E-state index contributed by atoms with van der Waals surface area (Å²) >= 11 is 0. The van der Waals surface area contributed by atoms with Crippen molar-refractivity contribution in [3.8, 4) is 23.0 Å². The Hall–Kier alpha value is -4.23. The fraction of sp³-hybridized carbons (Fsp3) is 0.0769. The van der Waals surface area contributed by atoms with E-state index in [9.17, 15) is 10.2 Å². The average molecular weight is 515 g/mol. The molecule has 0 amide bonds. The van der Waals surface area contributed by atoms with Gasteiger partial charge in [-0.1, -0.05) is 12.1 Å². The smallest absolute Gasteiger partial charge is 0.128 e. The second-order valence-corrected chi connectivity index (χ2v) is 7.07. The summed E-state index contributed by atoms with van der Waals surface area (Å²) in [5.74, 6) is 0.0818. The quantitative estimate of drug-likeness (QED) is 0.225. The van der Waals surface area contributed by atoms with Crippen molar-refractivity contribution >= 4 is 12.4 Å². The van der Waals surface area contributed by atoms with E-state index in [2.05, 4.69) is 20.0 Å². The number of aromatic nitrogens is 2. The topological polar surface area (TPSA) is 131 Å². The van der Waals surface area contributed by atoms with Crippen molar-refractivity contribution in [2.24, 2.45) is 9.98 Å². The summed E-state index contributed by atoms with van der Waals surface area (Å²) in [4.78, 5) is 16.6. The van der Waals surface area contributed by atoms with Crippen LogP contribution in [0.3, 0.4) is 0 Å². The molecule has 9 heteroatoms. The summed E-state index contributed by atoms with van der Waals surface area (Å²) in [5, 5.41) is 37.3. The van der Waals surface area contributed by atoms with E-state index in [1.54, 1.807) is 37.0 Å². The molecular formula is C26H24N4NiO4. The van der Waals surface area contributed by atoms with E-state index < -0.39 is 0 Å². The van der Waals surface area contributed by atoms with Crippen LogP contribution in [0.25, 0.3) is 0 Å². The number of hydrogen-bond acceptors (Lipinski definition) is 8. The first-order chi connectivity index (χ1) is 16.5.